The Morgan fingerprint density at radius 1 is 1.38 bits per heavy atom. The predicted molar refractivity (Wildman–Crippen MR) is 40.6 cm³/mol. The van der Waals surface area contributed by atoms with Crippen LogP contribution in [-0.2, 0) is 19.1 Å². The summed E-state index contributed by atoms with van der Waals surface area (Å²) in [5, 5.41) is 0. The zero-order valence-corrected chi connectivity index (χ0v) is 7.28. The third-order valence-corrected chi connectivity index (χ3v) is 3.49. The predicted octanol–water partition coefficient (Wildman–Crippen LogP) is 0.254. The monoisotopic (exact) mass is 182 g/mol. The van der Waals surface area contributed by atoms with Crippen LogP contribution in [0.5, 0.6) is 0 Å². The number of cyclic esters (lactones) is 2. The second-order valence-electron chi connectivity index (χ2n) is 4.25. The summed E-state index contributed by atoms with van der Waals surface area (Å²) in [5.74, 6) is -1.42. The van der Waals surface area contributed by atoms with E-state index in [1.807, 2.05) is 6.92 Å². The molecular weight excluding hydrogens is 172 g/mol. The zero-order chi connectivity index (χ0) is 9.22. The SMILES string of the molecule is C[C@@]12CC[C@H](O1)[C@H]1C(=O)OC(=O)[C@@H]12. The average molecular weight is 182 g/mol. The van der Waals surface area contributed by atoms with Crippen molar-refractivity contribution >= 4 is 11.9 Å². The molecule has 3 heterocycles. The van der Waals surface area contributed by atoms with Crippen molar-refractivity contribution in [3.63, 3.8) is 0 Å². The number of esters is 2. The lowest BCUT2D eigenvalue weighted by Gasteiger charge is -2.24. The highest BCUT2D eigenvalue weighted by atomic mass is 16.6. The Kier molecular flexibility index (Phi) is 1.12. The summed E-state index contributed by atoms with van der Waals surface area (Å²) in [4.78, 5) is 22.6. The Morgan fingerprint density at radius 2 is 2.15 bits per heavy atom. The van der Waals surface area contributed by atoms with E-state index in [0.717, 1.165) is 12.8 Å². The molecular formula is C9H10O4. The van der Waals surface area contributed by atoms with Crippen molar-refractivity contribution in [2.45, 2.75) is 31.5 Å². The molecule has 3 saturated heterocycles. The summed E-state index contributed by atoms with van der Waals surface area (Å²) >= 11 is 0. The number of fused-ring (bicyclic) bond motifs is 5. The van der Waals surface area contributed by atoms with Crippen molar-refractivity contribution < 1.29 is 19.1 Å². The van der Waals surface area contributed by atoms with Gasteiger partial charge in [0.15, 0.2) is 0 Å². The normalized spacial score (nSPS) is 52.5. The Balaban J connectivity index is 2.08. The molecule has 70 valence electrons. The Bertz CT molecular complexity index is 311. The average Bonchev–Trinajstić information content (AvgIpc) is 2.62. The van der Waals surface area contributed by atoms with Crippen LogP contribution in [0.1, 0.15) is 19.8 Å². The number of carbonyl (C=O) groups is 2. The summed E-state index contributed by atoms with van der Waals surface area (Å²) in [6.45, 7) is 1.90. The van der Waals surface area contributed by atoms with Crippen LogP contribution in [0.25, 0.3) is 0 Å². The maximum absolute atomic E-state index is 11.3. The molecule has 3 fully saturated rings. The van der Waals surface area contributed by atoms with Crippen LogP contribution in [0, 0.1) is 11.8 Å². The van der Waals surface area contributed by atoms with Gasteiger partial charge in [-0.15, -0.1) is 0 Å². The molecule has 2 bridgehead atoms. The first-order valence-corrected chi connectivity index (χ1v) is 4.55. The fourth-order valence-corrected chi connectivity index (χ4v) is 2.88. The fraction of sp³-hybridized carbons (Fsp3) is 0.778. The molecule has 0 aromatic carbocycles. The van der Waals surface area contributed by atoms with Crippen molar-refractivity contribution in [3.05, 3.63) is 0 Å². The third kappa shape index (κ3) is 0.705. The third-order valence-electron chi connectivity index (χ3n) is 3.49. The molecule has 0 spiro atoms. The molecule has 4 heteroatoms. The molecule has 0 aliphatic carbocycles. The van der Waals surface area contributed by atoms with E-state index >= 15 is 0 Å². The minimum atomic E-state index is -0.432. The van der Waals surface area contributed by atoms with Gasteiger partial charge in [-0.05, 0) is 19.8 Å². The van der Waals surface area contributed by atoms with Crippen molar-refractivity contribution in [1.29, 1.82) is 0 Å². The molecule has 3 aliphatic heterocycles. The lowest BCUT2D eigenvalue weighted by Crippen LogP contribution is -2.37. The minimum absolute atomic E-state index is 0.0750. The molecule has 0 aromatic rings. The summed E-state index contributed by atoms with van der Waals surface area (Å²) in [6, 6.07) is 0. The van der Waals surface area contributed by atoms with Crippen LogP contribution >= 0.6 is 0 Å². The smallest absolute Gasteiger partial charge is 0.320 e. The van der Waals surface area contributed by atoms with Gasteiger partial charge in [-0.1, -0.05) is 0 Å². The maximum atomic E-state index is 11.3. The summed E-state index contributed by atoms with van der Waals surface area (Å²) in [7, 11) is 0. The standard InChI is InChI=1S/C9H10O4/c1-9-3-2-4(13-9)5-6(9)8(11)12-7(5)10/h4-6H,2-3H2,1H3/t4-,5+,6+,9-/m0/s1. The van der Waals surface area contributed by atoms with Crippen LogP contribution in [-0.4, -0.2) is 23.6 Å². The van der Waals surface area contributed by atoms with Gasteiger partial charge in [-0.25, -0.2) is 0 Å². The zero-order valence-electron chi connectivity index (χ0n) is 7.28. The van der Waals surface area contributed by atoms with E-state index < -0.39 is 5.60 Å². The molecule has 0 saturated carbocycles. The molecule has 0 N–H and O–H groups in total. The van der Waals surface area contributed by atoms with E-state index in [2.05, 4.69) is 4.74 Å². The van der Waals surface area contributed by atoms with E-state index in [1.165, 1.54) is 0 Å². The topological polar surface area (TPSA) is 52.6 Å². The Morgan fingerprint density at radius 3 is 2.85 bits per heavy atom. The molecule has 0 aromatic heterocycles. The van der Waals surface area contributed by atoms with E-state index in [-0.39, 0.29) is 29.9 Å². The van der Waals surface area contributed by atoms with Crippen molar-refractivity contribution in [3.8, 4) is 0 Å². The lowest BCUT2D eigenvalue weighted by atomic mass is 9.74. The van der Waals surface area contributed by atoms with Crippen LogP contribution in [0.15, 0.2) is 0 Å². The molecule has 4 atom stereocenters. The first-order chi connectivity index (χ1) is 6.12. The summed E-state index contributed by atoms with van der Waals surface area (Å²) in [5.41, 5.74) is -0.432. The van der Waals surface area contributed by atoms with Gasteiger partial charge < -0.3 is 9.47 Å². The molecule has 0 amide bonds. The molecule has 4 nitrogen and oxygen atoms in total. The van der Waals surface area contributed by atoms with Crippen LogP contribution < -0.4 is 0 Å². The number of hydrogen-bond acceptors (Lipinski definition) is 4. The van der Waals surface area contributed by atoms with Gasteiger partial charge in [0.1, 0.15) is 5.92 Å². The van der Waals surface area contributed by atoms with Crippen molar-refractivity contribution in [2.24, 2.45) is 11.8 Å². The molecule has 0 unspecified atom stereocenters. The second-order valence-corrected chi connectivity index (χ2v) is 4.25. The van der Waals surface area contributed by atoms with E-state index in [4.69, 9.17) is 4.74 Å². The highest BCUT2D eigenvalue weighted by Crippen LogP contribution is 2.54. The van der Waals surface area contributed by atoms with E-state index in [9.17, 15) is 9.59 Å². The van der Waals surface area contributed by atoms with Gasteiger partial charge in [0, 0.05) is 0 Å². The molecule has 13 heavy (non-hydrogen) atoms. The molecule has 0 radical (unpaired) electrons. The second kappa shape index (κ2) is 1.95. The Labute approximate surface area is 75.2 Å². The number of rotatable bonds is 0. The quantitative estimate of drug-likeness (QED) is 0.398. The molecule has 3 rings (SSSR count). The van der Waals surface area contributed by atoms with Gasteiger partial charge in [0.25, 0.3) is 0 Å². The highest BCUT2D eigenvalue weighted by molar-refractivity contribution is 5.98. The van der Waals surface area contributed by atoms with Gasteiger partial charge in [-0.2, -0.15) is 0 Å². The van der Waals surface area contributed by atoms with Gasteiger partial charge in [-0.3, -0.25) is 9.59 Å². The minimum Gasteiger partial charge on any atom is -0.393 e. The first kappa shape index (κ1) is 7.50. The number of carbonyl (C=O) groups excluding carboxylic acids is 2. The number of hydrogen-bond donors (Lipinski definition) is 0. The first-order valence-electron chi connectivity index (χ1n) is 4.55. The highest BCUT2D eigenvalue weighted by Gasteiger charge is 2.66. The van der Waals surface area contributed by atoms with Gasteiger partial charge in [0.2, 0.25) is 0 Å². The van der Waals surface area contributed by atoms with Crippen molar-refractivity contribution in [1.82, 2.24) is 0 Å². The maximum Gasteiger partial charge on any atom is 0.320 e. The van der Waals surface area contributed by atoms with E-state index in [1.54, 1.807) is 0 Å². The summed E-state index contributed by atoms with van der Waals surface area (Å²) < 4.78 is 10.3. The van der Waals surface area contributed by atoms with E-state index in [0.29, 0.717) is 0 Å². The van der Waals surface area contributed by atoms with Gasteiger partial charge >= 0.3 is 11.9 Å². The van der Waals surface area contributed by atoms with Crippen LogP contribution in [0.4, 0.5) is 0 Å². The summed E-state index contributed by atoms with van der Waals surface area (Å²) in [6.07, 6.45) is 1.66. The van der Waals surface area contributed by atoms with Crippen LogP contribution in [0.2, 0.25) is 0 Å². The lowest BCUT2D eigenvalue weighted by molar-refractivity contribution is -0.158. The van der Waals surface area contributed by atoms with Crippen LogP contribution in [0.3, 0.4) is 0 Å². The fourth-order valence-electron chi connectivity index (χ4n) is 2.88. The number of ether oxygens (including phenoxy) is 2. The van der Waals surface area contributed by atoms with Gasteiger partial charge in [0.05, 0.1) is 17.6 Å². The van der Waals surface area contributed by atoms with Crippen molar-refractivity contribution in [2.75, 3.05) is 0 Å². The molecule has 3 aliphatic rings. The Hall–Kier alpha value is -0.900. The largest absolute Gasteiger partial charge is 0.393 e.